The molecule has 1 aromatic carbocycles. The molecule has 0 spiro atoms. The first-order valence-corrected chi connectivity index (χ1v) is 13.6. The highest BCUT2D eigenvalue weighted by molar-refractivity contribution is 7.87. The lowest BCUT2D eigenvalue weighted by Crippen LogP contribution is -2.51. The second-order valence-corrected chi connectivity index (χ2v) is 11.7. The Kier molecular flexibility index (Phi) is 7.95. The molecule has 2 N–H and O–H groups in total. The average Bonchev–Trinajstić information content (AvgIpc) is 3.11. The van der Waals surface area contributed by atoms with Gasteiger partial charge in [0.1, 0.15) is 17.4 Å². The van der Waals surface area contributed by atoms with Crippen LogP contribution in [-0.2, 0) is 14.9 Å². The van der Waals surface area contributed by atoms with Gasteiger partial charge in [-0.25, -0.2) is 9.37 Å². The summed E-state index contributed by atoms with van der Waals surface area (Å²) in [6, 6.07) is 9.28. The summed E-state index contributed by atoms with van der Waals surface area (Å²) < 4.78 is 49.2. The van der Waals surface area contributed by atoms with Crippen LogP contribution in [0.15, 0.2) is 42.6 Å². The van der Waals surface area contributed by atoms with E-state index in [9.17, 15) is 17.9 Å². The van der Waals surface area contributed by atoms with Gasteiger partial charge in [0.25, 0.3) is 10.2 Å². The van der Waals surface area contributed by atoms with Crippen LogP contribution in [0.4, 0.5) is 10.2 Å². The van der Waals surface area contributed by atoms with Crippen LogP contribution in [0.1, 0.15) is 50.5 Å². The molecule has 4 rings (SSSR count). The highest BCUT2D eigenvalue weighted by Crippen LogP contribution is 2.36. The molecule has 1 aliphatic carbocycles. The molecule has 0 unspecified atom stereocenters. The molecule has 0 bridgehead atoms. The number of aromatic nitrogens is 1. The highest BCUT2D eigenvalue weighted by Gasteiger charge is 2.42. The van der Waals surface area contributed by atoms with Crippen molar-refractivity contribution in [3.05, 3.63) is 54.0 Å². The van der Waals surface area contributed by atoms with Gasteiger partial charge in [0.05, 0.1) is 18.8 Å². The SMILES string of the molecule is C[C@@H]1C[C@H](NS(=O)(=O)N(C)C)[C@H](CO[C@H]2CC[C@@H](c3cccc(F)c3)CC2)N1c1cc(O)ccn1. The third-order valence-corrected chi connectivity index (χ3v) is 8.73. The topological polar surface area (TPSA) is 95.0 Å². The zero-order valence-electron chi connectivity index (χ0n) is 20.5. The molecular weight excluding hydrogens is 471 g/mol. The quantitative estimate of drug-likeness (QED) is 0.570. The van der Waals surface area contributed by atoms with Crippen LogP contribution in [0.2, 0.25) is 0 Å². The van der Waals surface area contributed by atoms with Crippen molar-refractivity contribution < 1.29 is 22.7 Å². The fourth-order valence-corrected chi connectivity index (χ4v) is 6.13. The van der Waals surface area contributed by atoms with Gasteiger partial charge in [-0.05, 0) is 68.7 Å². The van der Waals surface area contributed by atoms with E-state index in [1.54, 1.807) is 24.4 Å². The number of benzene rings is 1. The lowest BCUT2D eigenvalue weighted by molar-refractivity contribution is 0.0154. The molecule has 2 fully saturated rings. The van der Waals surface area contributed by atoms with Crippen molar-refractivity contribution >= 4 is 16.0 Å². The third-order valence-electron chi connectivity index (χ3n) is 7.16. The van der Waals surface area contributed by atoms with Crippen molar-refractivity contribution in [1.29, 1.82) is 0 Å². The Morgan fingerprint density at radius 3 is 2.60 bits per heavy atom. The Labute approximate surface area is 207 Å². The monoisotopic (exact) mass is 506 g/mol. The second kappa shape index (κ2) is 10.8. The van der Waals surface area contributed by atoms with Crippen LogP contribution >= 0.6 is 0 Å². The van der Waals surface area contributed by atoms with Crippen molar-refractivity contribution in [3.8, 4) is 5.75 Å². The zero-order chi connectivity index (χ0) is 25.2. The summed E-state index contributed by atoms with van der Waals surface area (Å²) in [4.78, 5) is 6.47. The van der Waals surface area contributed by atoms with E-state index in [0.717, 1.165) is 31.2 Å². The van der Waals surface area contributed by atoms with E-state index in [-0.39, 0.29) is 35.8 Å². The van der Waals surface area contributed by atoms with Gasteiger partial charge in [-0.3, -0.25) is 0 Å². The number of halogens is 1. The number of hydrogen-bond acceptors (Lipinski definition) is 6. The van der Waals surface area contributed by atoms with Crippen molar-refractivity contribution in [1.82, 2.24) is 14.0 Å². The summed E-state index contributed by atoms with van der Waals surface area (Å²) in [5.41, 5.74) is 1.03. The molecule has 10 heteroatoms. The normalized spacial score (nSPS) is 27.5. The number of nitrogens with one attached hydrogen (secondary N) is 1. The van der Waals surface area contributed by atoms with Gasteiger partial charge >= 0.3 is 0 Å². The molecule has 2 aromatic rings. The van der Waals surface area contributed by atoms with E-state index in [4.69, 9.17) is 4.74 Å². The highest BCUT2D eigenvalue weighted by atomic mass is 32.2. The first-order valence-electron chi connectivity index (χ1n) is 12.1. The van der Waals surface area contributed by atoms with Gasteiger partial charge in [-0.1, -0.05) is 12.1 Å². The van der Waals surface area contributed by atoms with Crippen molar-refractivity contribution in [2.45, 2.75) is 69.2 Å². The largest absolute Gasteiger partial charge is 0.508 e. The van der Waals surface area contributed by atoms with Crippen LogP contribution < -0.4 is 9.62 Å². The number of nitrogens with zero attached hydrogens (tertiary/aromatic N) is 3. The minimum absolute atomic E-state index is 0.00326. The maximum atomic E-state index is 13.6. The molecular formula is C25H35FN4O4S. The molecule has 1 saturated heterocycles. The summed E-state index contributed by atoms with van der Waals surface area (Å²) in [5, 5.41) is 10.0. The van der Waals surface area contributed by atoms with Crippen LogP contribution in [0.3, 0.4) is 0 Å². The molecule has 1 aliphatic heterocycles. The molecule has 2 heterocycles. The van der Waals surface area contributed by atoms with Gasteiger partial charge < -0.3 is 14.7 Å². The van der Waals surface area contributed by atoms with Crippen molar-refractivity contribution in [3.63, 3.8) is 0 Å². The minimum Gasteiger partial charge on any atom is -0.508 e. The van der Waals surface area contributed by atoms with Crippen molar-refractivity contribution in [2.75, 3.05) is 25.6 Å². The fourth-order valence-electron chi connectivity index (χ4n) is 5.28. The summed E-state index contributed by atoms with van der Waals surface area (Å²) in [7, 11) is -0.640. The summed E-state index contributed by atoms with van der Waals surface area (Å²) in [5.74, 6) is 0.815. The standard InChI is InChI=1S/C25H35FN4O4S/c1-17-13-23(28-35(32,33)29(2)3)24(30(17)25-15-21(31)11-12-27-25)16-34-22-9-7-18(8-10-22)19-5-4-6-20(26)14-19/h4-6,11-12,14-15,17-18,22-24,28H,7-10,13,16H2,1-3H3,(H,27,31)/t17-,18-,22+,23+,24+/m1/s1. The van der Waals surface area contributed by atoms with E-state index in [2.05, 4.69) is 9.71 Å². The molecule has 8 nitrogen and oxygen atoms in total. The smallest absolute Gasteiger partial charge is 0.279 e. The maximum absolute atomic E-state index is 13.6. The van der Waals surface area contributed by atoms with E-state index in [1.807, 2.05) is 17.9 Å². The van der Waals surface area contributed by atoms with Crippen molar-refractivity contribution in [2.24, 2.45) is 0 Å². The Morgan fingerprint density at radius 2 is 1.94 bits per heavy atom. The van der Waals surface area contributed by atoms with Gasteiger partial charge in [0.2, 0.25) is 0 Å². The molecule has 35 heavy (non-hydrogen) atoms. The van der Waals surface area contributed by atoms with E-state index >= 15 is 0 Å². The number of hydrogen-bond donors (Lipinski definition) is 2. The number of ether oxygens (including phenoxy) is 1. The molecule has 1 aromatic heterocycles. The fraction of sp³-hybridized carbons (Fsp3) is 0.560. The van der Waals surface area contributed by atoms with Gasteiger partial charge in [0.15, 0.2) is 0 Å². The van der Waals surface area contributed by atoms with E-state index in [0.29, 0.717) is 24.8 Å². The molecule has 2 aliphatic rings. The van der Waals surface area contributed by atoms with Gasteiger partial charge in [0, 0.05) is 38.4 Å². The molecule has 0 radical (unpaired) electrons. The third kappa shape index (κ3) is 6.11. The first-order chi connectivity index (χ1) is 16.6. The lowest BCUT2D eigenvalue weighted by Gasteiger charge is -2.34. The molecule has 3 atom stereocenters. The Hall–Kier alpha value is -2.27. The van der Waals surface area contributed by atoms with Crippen LogP contribution in [0, 0.1) is 5.82 Å². The minimum atomic E-state index is -3.64. The van der Waals surface area contributed by atoms with Crippen LogP contribution in [0.5, 0.6) is 5.75 Å². The summed E-state index contributed by atoms with van der Waals surface area (Å²) in [6.07, 6.45) is 5.75. The second-order valence-electron chi connectivity index (χ2n) is 9.81. The number of pyridine rings is 1. The summed E-state index contributed by atoms with van der Waals surface area (Å²) in [6.45, 7) is 2.35. The maximum Gasteiger partial charge on any atom is 0.279 e. The number of anilines is 1. The molecule has 192 valence electrons. The average molecular weight is 507 g/mol. The Balaban J connectivity index is 1.45. The molecule has 1 saturated carbocycles. The summed E-state index contributed by atoms with van der Waals surface area (Å²) >= 11 is 0. The number of aromatic hydroxyl groups is 1. The van der Waals surface area contributed by atoms with E-state index < -0.39 is 10.2 Å². The zero-order valence-corrected chi connectivity index (χ0v) is 21.3. The first kappa shape index (κ1) is 25.8. The Bertz CT molecular complexity index is 1110. The van der Waals surface area contributed by atoms with Crippen LogP contribution in [-0.4, -0.2) is 67.7 Å². The lowest BCUT2D eigenvalue weighted by atomic mass is 9.82. The van der Waals surface area contributed by atoms with Gasteiger partial charge in [-0.2, -0.15) is 17.4 Å². The number of rotatable bonds is 8. The van der Waals surface area contributed by atoms with E-state index in [1.165, 1.54) is 30.5 Å². The predicted molar refractivity (Wildman–Crippen MR) is 133 cm³/mol. The molecule has 0 amide bonds. The van der Waals surface area contributed by atoms with Crippen LogP contribution in [0.25, 0.3) is 0 Å². The predicted octanol–water partition coefficient (Wildman–Crippen LogP) is 3.40. The Morgan fingerprint density at radius 1 is 1.20 bits per heavy atom. The van der Waals surface area contributed by atoms with Gasteiger partial charge in [-0.15, -0.1) is 0 Å².